The first-order valence-electron chi connectivity index (χ1n) is 6.92. The van der Waals surface area contributed by atoms with Gasteiger partial charge in [-0.05, 0) is 36.0 Å². The highest BCUT2D eigenvalue weighted by atomic mass is 35.5. The van der Waals surface area contributed by atoms with E-state index in [1.165, 1.54) is 6.42 Å². The van der Waals surface area contributed by atoms with Crippen molar-refractivity contribution in [1.29, 1.82) is 0 Å². The van der Waals surface area contributed by atoms with Crippen molar-refractivity contribution in [2.45, 2.75) is 26.8 Å². The summed E-state index contributed by atoms with van der Waals surface area (Å²) in [6.45, 7) is 6.45. The highest BCUT2D eigenvalue weighted by molar-refractivity contribution is 6.35. The van der Waals surface area contributed by atoms with Gasteiger partial charge in [-0.15, -0.1) is 0 Å². The third-order valence-electron chi connectivity index (χ3n) is 3.60. The Morgan fingerprint density at radius 1 is 1.30 bits per heavy atom. The number of rotatable bonds is 2. The van der Waals surface area contributed by atoms with E-state index in [1.807, 2.05) is 11.0 Å². The normalized spacial score (nSPS) is 22.7. The number of amides is 2. The first-order chi connectivity index (χ1) is 9.45. The van der Waals surface area contributed by atoms with E-state index < -0.39 is 0 Å². The molecule has 2 amide bonds. The molecule has 0 saturated carbocycles. The molecule has 2 atom stereocenters. The third-order valence-corrected chi connectivity index (χ3v) is 4.19. The van der Waals surface area contributed by atoms with Crippen molar-refractivity contribution in [3.8, 4) is 0 Å². The molecule has 5 heteroatoms. The van der Waals surface area contributed by atoms with Crippen LogP contribution in [-0.2, 0) is 6.54 Å². The van der Waals surface area contributed by atoms with Crippen LogP contribution >= 0.6 is 23.2 Å². The molecule has 1 aromatic rings. The first kappa shape index (κ1) is 15.5. The molecule has 0 radical (unpaired) electrons. The topological polar surface area (TPSA) is 32.3 Å². The molecule has 1 saturated heterocycles. The molecule has 0 aliphatic carbocycles. The number of nitrogens with one attached hydrogen (secondary N) is 1. The minimum atomic E-state index is -0.0191. The number of carbonyl (C=O) groups excluding carboxylic acids is 1. The van der Waals surface area contributed by atoms with Crippen LogP contribution in [-0.4, -0.2) is 24.0 Å². The quantitative estimate of drug-likeness (QED) is 0.872. The Kier molecular flexibility index (Phi) is 5.17. The Labute approximate surface area is 130 Å². The summed E-state index contributed by atoms with van der Waals surface area (Å²) in [7, 11) is 0. The Morgan fingerprint density at radius 2 is 1.95 bits per heavy atom. The van der Waals surface area contributed by atoms with Gasteiger partial charge in [0.2, 0.25) is 0 Å². The minimum absolute atomic E-state index is 0.0191. The van der Waals surface area contributed by atoms with Gasteiger partial charge in [0.25, 0.3) is 0 Å². The predicted octanol–water partition coefficient (Wildman–Crippen LogP) is 4.18. The molecule has 3 nitrogen and oxygen atoms in total. The van der Waals surface area contributed by atoms with Gasteiger partial charge in [-0.3, -0.25) is 0 Å². The highest BCUT2D eigenvalue weighted by Crippen LogP contribution is 2.22. The van der Waals surface area contributed by atoms with E-state index in [1.54, 1.807) is 12.1 Å². The molecular formula is C15H20Cl2N2O. The molecule has 2 rings (SSSR count). The molecule has 1 aliphatic rings. The molecule has 1 aliphatic heterocycles. The molecule has 20 heavy (non-hydrogen) atoms. The molecule has 0 aromatic heterocycles. The summed E-state index contributed by atoms with van der Waals surface area (Å²) in [4.78, 5) is 14.1. The van der Waals surface area contributed by atoms with Crippen LogP contribution in [0.5, 0.6) is 0 Å². The fourth-order valence-corrected chi connectivity index (χ4v) is 3.25. The number of urea groups is 1. The number of nitrogens with zero attached hydrogens (tertiary/aromatic N) is 1. The van der Waals surface area contributed by atoms with Gasteiger partial charge in [0.05, 0.1) is 0 Å². The molecule has 1 heterocycles. The fourth-order valence-electron chi connectivity index (χ4n) is 2.78. The van der Waals surface area contributed by atoms with Crippen LogP contribution in [0.3, 0.4) is 0 Å². The molecule has 0 bridgehead atoms. The number of likely N-dealkylation sites (tertiary alicyclic amines) is 1. The van der Waals surface area contributed by atoms with Gasteiger partial charge in [-0.25, -0.2) is 4.79 Å². The Bertz CT molecular complexity index is 483. The molecule has 0 spiro atoms. The average Bonchev–Trinajstić information content (AvgIpc) is 2.36. The lowest BCUT2D eigenvalue weighted by molar-refractivity contribution is 0.146. The first-order valence-corrected chi connectivity index (χ1v) is 7.68. The second kappa shape index (κ2) is 6.68. The van der Waals surface area contributed by atoms with E-state index in [2.05, 4.69) is 19.2 Å². The van der Waals surface area contributed by atoms with E-state index in [9.17, 15) is 4.79 Å². The second-order valence-corrected chi connectivity index (χ2v) is 6.59. The van der Waals surface area contributed by atoms with E-state index in [-0.39, 0.29) is 6.03 Å². The van der Waals surface area contributed by atoms with E-state index >= 15 is 0 Å². The van der Waals surface area contributed by atoms with Crippen LogP contribution in [0.15, 0.2) is 18.2 Å². The maximum atomic E-state index is 12.2. The lowest BCUT2D eigenvalue weighted by Crippen LogP contribution is -2.47. The zero-order valence-corrected chi connectivity index (χ0v) is 13.3. The standard InChI is InChI=1S/C15H20Cl2N2O/c1-10-5-11(2)9-19(8-10)15(20)18-7-12-3-4-13(16)6-14(12)17/h3-4,6,10-11H,5,7-9H2,1-2H3,(H,18,20). The molecular weight excluding hydrogens is 295 g/mol. The van der Waals surface area contributed by atoms with Gasteiger partial charge >= 0.3 is 6.03 Å². The third kappa shape index (κ3) is 4.03. The number of hydrogen-bond acceptors (Lipinski definition) is 1. The Hall–Kier alpha value is -0.930. The summed E-state index contributed by atoms with van der Waals surface area (Å²) in [5.41, 5.74) is 0.877. The highest BCUT2D eigenvalue weighted by Gasteiger charge is 2.25. The van der Waals surface area contributed by atoms with Crippen molar-refractivity contribution in [2.24, 2.45) is 11.8 Å². The number of hydrogen-bond donors (Lipinski definition) is 1. The SMILES string of the molecule is CC1CC(C)CN(C(=O)NCc2ccc(Cl)cc2Cl)C1. The summed E-state index contributed by atoms with van der Waals surface area (Å²) in [5.74, 6) is 1.12. The molecule has 110 valence electrons. The van der Waals surface area contributed by atoms with Crippen LogP contribution in [0, 0.1) is 11.8 Å². The summed E-state index contributed by atoms with van der Waals surface area (Å²) in [5, 5.41) is 4.11. The monoisotopic (exact) mass is 314 g/mol. The van der Waals surface area contributed by atoms with Crippen molar-refractivity contribution in [2.75, 3.05) is 13.1 Å². The van der Waals surface area contributed by atoms with E-state index in [4.69, 9.17) is 23.2 Å². The van der Waals surface area contributed by atoms with Gasteiger partial charge in [-0.1, -0.05) is 43.1 Å². The predicted molar refractivity (Wildman–Crippen MR) is 83.2 cm³/mol. The average molecular weight is 315 g/mol. The van der Waals surface area contributed by atoms with Crippen molar-refractivity contribution in [3.05, 3.63) is 33.8 Å². The second-order valence-electron chi connectivity index (χ2n) is 5.75. The van der Waals surface area contributed by atoms with Crippen LogP contribution in [0.1, 0.15) is 25.8 Å². The zero-order chi connectivity index (χ0) is 14.7. The number of piperidine rings is 1. The molecule has 1 N–H and O–H groups in total. The van der Waals surface area contributed by atoms with Crippen molar-refractivity contribution in [3.63, 3.8) is 0 Å². The van der Waals surface area contributed by atoms with Crippen LogP contribution in [0.2, 0.25) is 10.0 Å². The molecule has 2 unspecified atom stereocenters. The van der Waals surface area contributed by atoms with Crippen LogP contribution in [0.4, 0.5) is 4.79 Å². The maximum Gasteiger partial charge on any atom is 0.317 e. The number of halogens is 2. The van der Waals surface area contributed by atoms with Crippen molar-refractivity contribution >= 4 is 29.2 Å². The molecule has 1 fully saturated rings. The van der Waals surface area contributed by atoms with Crippen molar-refractivity contribution < 1.29 is 4.79 Å². The summed E-state index contributed by atoms with van der Waals surface area (Å²) in [6.07, 6.45) is 1.19. The maximum absolute atomic E-state index is 12.2. The minimum Gasteiger partial charge on any atom is -0.334 e. The Balaban J connectivity index is 1.91. The molecule has 1 aromatic carbocycles. The largest absolute Gasteiger partial charge is 0.334 e. The van der Waals surface area contributed by atoms with E-state index in [0.717, 1.165) is 18.7 Å². The van der Waals surface area contributed by atoms with Crippen LogP contribution in [0.25, 0.3) is 0 Å². The van der Waals surface area contributed by atoms with E-state index in [0.29, 0.717) is 28.4 Å². The van der Waals surface area contributed by atoms with Gasteiger partial charge in [0.1, 0.15) is 0 Å². The summed E-state index contributed by atoms with van der Waals surface area (Å²) >= 11 is 11.9. The fraction of sp³-hybridized carbons (Fsp3) is 0.533. The summed E-state index contributed by atoms with van der Waals surface area (Å²) in [6, 6.07) is 5.29. The van der Waals surface area contributed by atoms with Gasteiger partial charge < -0.3 is 10.2 Å². The lowest BCUT2D eigenvalue weighted by Gasteiger charge is -2.35. The smallest absolute Gasteiger partial charge is 0.317 e. The lowest BCUT2D eigenvalue weighted by atomic mass is 9.92. The zero-order valence-electron chi connectivity index (χ0n) is 11.8. The van der Waals surface area contributed by atoms with Gasteiger partial charge in [-0.2, -0.15) is 0 Å². The van der Waals surface area contributed by atoms with Crippen molar-refractivity contribution in [1.82, 2.24) is 10.2 Å². The number of benzene rings is 1. The Morgan fingerprint density at radius 3 is 2.55 bits per heavy atom. The van der Waals surface area contributed by atoms with Crippen LogP contribution < -0.4 is 5.32 Å². The van der Waals surface area contributed by atoms with Gasteiger partial charge in [0, 0.05) is 29.7 Å². The number of carbonyl (C=O) groups is 1. The summed E-state index contributed by atoms with van der Waals surface area (Å²) < 4.78 is 0. The van der Waals surface area contributed by atoms with Gasteiger partial charge in [0.15, 0.2) is 0 Å².